The molecule has 1 amide bonds. The molecule has 0 bridgehead atoms. The highest BCUT2D eigenvalue weighted by Gasteiger charge is 2.25. The number of carboxylic acid groups (broad SMARTS) is 1. The van der Waals surface area contributed by atoms with Crippen LogP contribution in [-0.4, -0.2) is 32.6 Å². The molecular weight excluding hydrogens is 230 g/mol. The molecule has 16 heavy (non-hydrogen) atoms. The smallest absolute Gasteiger partial charge is 0.310 e. The number of aliphatic carboxylic acids is 1. The first kappa shape index (κ1) is 10.7. The standard InChI is InChI=1S/C9H9N3O3S/c13-8(7-4-10-12-16-7)11-6-2-1-5(3-6)9(14)15/h1-2,4-6H,3H2,(H,11,13)(H,14,15). The third kappa shape index (κ3) is 2.25. The number of aromatic nitrogens is 2. The van der Waals surface area contributed by atoms with Crippen molar-refractivity contribution in [2.45, 2.75) is 12.5 Å². The molecule has 1 aromatic rings. The summed E-state index contributed by atoms with van der Waals surface area (Å²) in [6, 6.07) is -0.226. The minimum atomic E-state index is -0.868. The largest absolute Gasteiger partial charge is 0.481 e. The number of hydrogen-bond acceptors (Lipinski definition) is 5. The Morgan fingerprint density at radius 1 is 1.50 bits per heavy atom. The van der Waals surface area contributed by atoms with Crippen molar-refractivity contribution in [2.75, 3.05) is 0 Å². The number of amides is 1. The number of rotatable bonds is 3. The van der Waals surface area contributed by atoms with E-state index in [0.29, 0.717) is 11.3 Å². The molecule has 1 aromatic heterocycles. The Morgan fingerprint density at radius 3 is 2.88 bits per heavy atom. The van der Waals surface area contributed by atoms with Crippen molar-refractivity contribution in [3.8, 4) is 0 Å². The molecule has 6 nitrogen and oxygen atoms in total. The second kappa shape index (κ2) is 4.40. The molecule has 84 valence electrons. The summed E-state index contributed by atoms with van der Waals surface area (Å²) in [5.74, 6) is -1.65. The SMILES string of the molecule is O=C(NC1C=CC(C(=O)O)C1)c1cnns1. The third-order valence-electron chi connectivity index (χ3n) is 2.30. The average Bonchev–Trinajstić information content (AvgIpc) is 2.87. The highest BCUT2D eigenvalue weighted by atomic mass is 32.1. The lowest BCUT2D eigenvalue weighted by atomic mass is 10.1. The topological polar surface area (TPSA) is 92.2 Å². The number of carboxylic acids is 1. The first-order valence-electron chi connectivity index (χ1n) is 4.66. The minimum absolute atomic E-state index is 0.226. The molecule has 0 saturated heterocycles. The van der Waals surface area contributed by atoms with Crippen LogP contribution >= 0.6 is 11.5 Å². The number of nitrogens with zero attached hydrogens (tertiary/aromatic N) is 2. The van der Waals surface area contributed by atoms with Crippen LogP contribution in [0.1, 0.15) is 16.1 Å². The Labute approximate surface area is 95.1 Å². The molecule has 1 aliphatic rings. The van der Waals surface area contributed by atoms with E-state index in [9.17, 15) is 9.59 Å². The first-order chi connectivity index (χ1) is 7.66. The maximum absolute atomic E-state index is 11.6. The van der Waals surface area contributed by atoms with Crippen molar-refractivity contribution in [3.05, 3.63) is 23.2 Å². The molecule has 2 unspecified atom stereocenters. The molecule has 0 fully saturated rings. The highest BCUT2D eigenvalue weighted by molar-refractivity contribution is 7.07. The Kier molecular flexibility index (Phi) is 2.95. The summed E-state index contributed by atoms with van der Waals surface area (Å²) in [6.45, 7) is 0. The number of nitrogens with one attached hydrogen (secondary N) is 1. The molecule has 0 saturated carbocycles. The molecule has 2 rings (SSSR count). The maximum Gasteiger partial charge on any atom is 0.310 e. The van der Waals surface area contributed by atoms with Crippen LogP contribution in [0.4, 0.5) is 0 Å². The number of carbonyl (C=O) groups excluding carboxylic acids is 1. The van der Waals surface area contributed by atoms with Crippen LogP contribution in [0.3, 0.4) is 0 Å². The zero-order valence-electron chi connectivity index (χ0n) is 8.16. The van der Waals surface area contributed by atoms with Gasteiger partial charge in [0, 0.05) is 6.04 Å². The van der Waals surface area contributed by atoms with Gasteiger partial charge in [0.25, 0.3) is 5.91 Å². The zero-order valence-corrected chi connectivity index (χ0v) is 8.98. The number of carbonyl (C=O) groups is 2. The van der Waals surface area contributed by atoms with E-state index in [1.165, 1.54) is 6.20 Å². The van der Waals surface area contributed by atoms with Crippen LogP contribution in [0.5, 0.6) is 0 Å². The van der Waals surface area contributed by atoms with Gasteiger partial charge in [-0.3, -0.25) is 9.59 Å². The molecule has 0 spiro atoms. The summed E-state index contributed by atoms with van der Waals surface area (Å²) in [5, 5.41) is 15.0. The van der Waals surface area contributed by atoms with Crippen molar-refractivity contribution < 1.29 is 14.7 Å². The van der Waals surface area contributed by atoms with Gasteiger partial charge in [-0.1, -0.05) is 16.6 Å². The summed E-state index contributed by atoms with van der Waals surface area (Å²) in [6.07, 6.45) is 5.07. The van der Waals surface area contributed by atoms with Crippen molar-refractivity contribution in [1.82, 2.24) is 14.9 Å². The fraction of sp³-hybridized carbons (Fsp3) is 0.333. The van der Waals surface area contributed by atoms with E-state index in [1.54, 1.807) is 12.2 Å². The van der Waals surface area contributed by atoms with Gasteiger partial charge in [-0.05, 0) is 18.0 Å². The van der Waals surface area contributed by atoms with Crippen LogP contribution in [0, 0.1) is 5.92 Å². The van der Waals surface area contributed by atoms with Gasteiger partial charge in [0.05, 0.1) is 12.1 Å². The maximum atomic E-state index is 11.6. The lowest BCUT2D eigenvalue weighted by Gasteiger charge is -2.10. The van der Waals surface area contributed by atoms with Crippen LogP contribution in [0.15, 0.2) is 18.3 Å². The quantitative estimate of drug-likeness (QED) is 0.740. The van der Waals surface area contributed by atoms with Gasteiger partial charge in [0.1, 0.15) is 4.88 Å². The van der Waals surface area contributed by atoms with Crippen LogP contribution < -0.4 is 5.32 Å². The van der Waals surface area contributed by atoms with E-state index < -0.39 is 11.9 Å². The molecule has 2 atom stereocenters. The van der Waals surface area contributed by atoms with E-state index in [1.807, 2.05) is 0 Å². The molecular formula is C9H9N3O3S. The van der Waals surface area contributed by atoms with E-state index in [-0.39, 0.29) is 11.9 Å². The summed E-state index contributed by atoms with van der Waals surface area (Å²) >= 11 is 1.01. The van der Waals surface area contributed by atoms with Gasteiger partial charge in [-0.25, -0.2) is 0 Å². The minimum Gasteiger partial charge on any atom is -0.481 e. The highest BCUT2D eigenvalue weighted by Crippen LogP contribution is 2.18. The predicted octanol–water partition coefficient (Wildman–Crippen LogP) is 0.297. The molecule has 7 heteroatoms. The second-order valence-corrected chi connectivity index (χ2v) is 4.21. The lowest BCUT2D eigenvalue weighted by Crippen LogP contribution is -2.32. The zero-order chi connectivity index (χ0) is 11.5. The van der Waals surface area contributed by atoms with Gasteiger partial charge >= 0.3 is 5.97 Å². The predicted molar refractivity (Wildman–Crippen MR) is 56.0 cm³/mol. The summed E-state index contributed by atoms with van der Waals surface area (Å²) in [5.41, 5.74) is 0. The Bertz CT molecular complexity index is 429. The lowest BCUT2D eigenvalue weighted by molar-refractivity contribution is -0.140. The molecule has 1 aliphatic carbocycles. The monoisotopic (exact) mass is 239 g/mol. The Balaban J connectivity index is 1.91. The molecule has 0 radical (unpaired) electrons. The van der Waals surface area contributed by atoms with Gasteiger partial charge in [-0.15, -0.1) is 5.10 Å². The van der Waals surface area contributed by atoms with Crippen molar-refractivity contribution in [1.29, 1.82) is 0 Å². The molecule has 1 heterocycles. The fourth-order valence-electron chi connectivity index (χ4n) is 1.50. The van der Waals surface area contributed by atoms with Gasteiger partial charge in [0.2, 0.25) is 0 Å². The normalized spacial score (nSPS) is 23.2. The summed E-state index contributed by atoms with van der Waals surface area (Å²) in [7, 11) is 0. The third-order valence-corrected chi connectivity index (χ3v) is 2.97. The van der Waals surface area contributed by atoms with E-state index in [0.717, 1.165) is 11.5 Å². The van der Waals surface area contributed by atoms with Crippen LogP contribution in [0.2, 0.25) is 0 Å². The fourth-order valence-corrected chi connectivity index (χ4v) is 1.91. The van der Waals surface area contributed by atoms with E-state index >= 15 is 0 Å². The summed E-state index contributed by atoms with van der Waals surface area (Å²) in [4.78, 5) is 22.7. The first-order valence-corrected chi connectivity index (χ1v) is 5.43. The molecule has 0 aromatic carbocycles. The van der Waals surface area contributed by atoms with Gasteiger partial charge in [0.15, 0.2) is 0 Å². The van der Waals surface area contributed by atoms with Crippen molar-refractivity contribution >= 4 is 23.4 Å². The number of hydrogen-bond donors (Lipinski definition) is 2. The summed E-state index contributed by atoms with van der Waals surface area (Å²) < 4.78 is 3.58. The van der Waals surface area contributed by atoms with E-state index in [2.05, 4.69) is 14.9 Å². The van der Waals surface area contributed by atoms with Crippen LogP contribution in [-0.2, 0) is 4.79 Å². The van der Waals surface area contributed by atoms with Crippen molar-refractivity contribution in [2.24, 2.45) is 5.92 Å². The Hall–Kier alpha value is -1.76. The van der Waals surface area contributed by atoms with Crippen LogP contribution in [0.25, 0.3) is 0 Å². The molecule has 0 aliphatic heterocycles. The van der Waals surface area contributed by atoms with Gasteiger partial charge < -0.3 is 10.4 Å². The van der Waals surface area contributed by atoms with Gasteiger partial charge in [-0.2, -0.15) is 0 Å². The molecule has 2 N–H and O–H groups in total. The Morgan fingerprint density at radius 2 is 2.31 bits per heavy atom. The second-order valence-electron chi connectivity index (χ2n) is 3.43. The average molecular weight is 239 g/mol. The van der Waals surface area contributed by atoms with Crippen molar-refractivity contribution in [3.63, 3.8) is 0 Å². The van der Waals surface area contributed by atoms with E-state index in [4.69, 9.17) is 5.11 Å².